The highest BCUT2D eigenvalue weighted by molar-refractivity contribution is 14.0. The molecule has 1 aromatic carbocycles. The van der Waals surface area contributed by atoms with Crippen molar-refractivity contribution in [2.75, 3.05) is 13.7 Å². The van der Waals surface area contributed by atoms with Crippen LogP contribution in [-0.4, -0.2) is 24.6 Å². The molecule has 2 aromatic rings. The van der Waals surface area contributed by atoms with Gasteiger partial charge in [0.25, 0.3) is 0 Å². The van der Waals surface area contributed by atoms with E-state index in [1.807, 2.05) is 43.3 Å². The van der Waals surface area contributed by atoms with Crippen molar-refractivity contribution >= 4 is 41.5 Å². The first-order valence-corrected chi connectivity index (χ1v) is 7.86. The molecule has 0 bridgehead atoms. The molecule has 0 amide bonds. The molecule has 0 radical (unpaired) electrons. The van der Waals surface area contributed by atoms with Crippen molar-refractivity contribution < 1.29 is 4.74 Å². The smallest absolute Gasteiger partial charge is 0.218 e. The lowest BCUT2D eigenvalue weighted by molar-refractivity contribution is 0.322. The van der Waals surface area contributed by atoms with Crippen molar-refractivity contribution in [3.63, 3.8) is 0 Å². The summed E-state index contributed by atoms with van der Waals surface area (Å²) in [7, 11) is 1.74. The number of halogens is 2. The highest BCUT2D eigenvalue weighted by Crippen LogP contribution is 2.13. The van der Waals surface area contributed by atoms with Crippen LogP contribution in [0.3, 0.4) is 0 Å². The normalized spacial score (nSPS) is 10.7. The Labute approximate surface area is 164 Å². The number of hydrogen-bond donors (Lipinski definition) is 2. The number of nitrogens with one attached hydrogen (secondary N) is 2. The second kappa shape index (κ2) is 11.1. The quantitative estimate of drug-likeness (QED) is 0.393. The molecule has 0 saturated heterocycles. The summed E-state index contributed by atoms with van der Waals surface area (Å²) in [6, 6.07) is 11.6. The first kappa shape index (κ1) is 20.5. The van der Waals surface area contributed by atoms with E-state index in [0.717, 1.165) is 16.1 Å². The summed E-state index contributed by atoms with van der Waals surface area (Å²) in [5, 5.41) is 7.25. The molecule has 130 valence electrons. The lowest BCUT2D eigenvalue weighted by atomic mass is 10.2. The van der Waals surface area contributed by atoms with E-state index in [2.05, 4.69) is 20.6 Å². The van der Waals surface area contributed by atoms with Crippen LogP contribution in [0.1, 0.15) is 18.1 Å². The van der Waals surface area contributed by atoms with E-state index in [1.165, 1.54) is 0 Å². The molecule has 0 atom stereocenters. The van der Waals surface area contributed by atoms with E-state index in [-0.39, 0.29) is 24.0 Å². The van der Waals surface area contributed by atoms with Gasteiger partial charge in [0.2, 0.25) is 5.88 Å². The minimum Gasteiger partial charge on any atom is -0.478 e. The Bertz CT molecular complexity index is 649. The van der Waals surface area contributed by atoms with E-state index in [1.54, 1.807) is 13.2 Å². The average molecular weight is 461 g/mol. The van der Waals surface area contributed by atoms with Crippen molar-refractivity contribution in [2.24, 2.45) is 4.99 Å². The van der Waals surface area contributed by atoms with Crippen LogP contribution in [0.15, 0.2) is 47.6 Å². The number of aromatic nitrogens is 1. The SMILES string of the molecule is CCOc1ncccc1CNC(=NC)NCc1ccc(Cl)cc1.I. The van der Waals surface area contributed by atoms with Gasteiger partial charge in [-0.2, -0.15) is 0 Å². The lowest BCUT2D eigenvalue weighted by Crippen LogP contribution is -2.36. The van der Waals surface area contributed by atoms with Gasteiger partial charge in [-0.05, 0) is 30.7 Å². The Balaban J connectivity index is 0.00000288. The monoisotopic (exact) mass is 460 g/mol. The molecule has 2 N–H and O–H groups in total. The third kappa shape index (κ3) is 6.52. The van der Waals surface area contributed by atoms with E-state index in [9.17, 15) is 0 Å². The molecule has 0 saturated carbocycles. The zero-order chi connectivity index (χ0) is 16.5. The van der Waals surface area contributed by atoms with E-state index < -0.39 is 0 Å². The highest BCUT2D eigenvalue weighted by atomic mass is 127. The van der Waals surface area contributed by atoms with Gasteiger partial charge in [-0.3, -0.25) is 4.99 Å². The van der Waals surface area contributed by atoms with Crippen molar-refractivity contribution in [1.29, 1.82) is 0 Å². The summed E-state index contributed by atoms with van der Waals surface area (Å²) in [5.74, 6) is 1.36. The first-order chi connectivity index (χ1) is 11.2. The van der Waals surface area contributed by atoms with Gasteiger partial charge >= 0.3 is 0 Å². The van der Waals surface area contributed by atoms with Gasteiger partial charge in [0.15, 0.2) is 5.96 Å². The van der Waals surface area contributed by atoms with Crippen LogP contribution in [0.2, 0.25) is 5.02 Å². The first-order valence-electron chi connectivity index (χ1n) is 7.48. The summed E-state index contributed by atoms with van der Waals surface area (Å²) >= 11 is 5.89. The third-order valence-corrected chi connectivity index (χ3v) is 3.43. The summed E-state index contributed by atoms with van der Waals surface area (Å²) in [5.41, 5.74) is 2.12. The van der Waals surface area contributed by atoms with Gasteiger partial charge in [0.1, 0.15) is 0 Å². The summed E-state index contributed by atoms with van der Waals surface area (Å²) in [6.07, 6.45) is 1.72. The van der Waals surface area contributed by atoms with Crippen LogP contribution in [0.25, 0.3) is 0 Å². The molecule has 5 nitrogen and oxygen atoms in total. The Hall–Kier alpha value is -1.54. The maximum absolute atomic E-state index is 5.89. The van der Waals surface area contributed by atoms with Crippen molar-refractivity contribution in [3.8, 4) is 5.88 Å². The molecule has 0 fully saturated rings. The molecule has 0 spiro atoms. The molecule has 0 aliphatic carbocycles. The van der Waals surface area contributed by atoms with E-state index >= 15 is 0 Å². The number of benzene rings is 1. The van der Waals surface area contributed by atoms with Gasteiger partial charge < -0.3 is 15.4 Å². The van der Waals surface area contributed by atoms with Crippen LogP contribution in [0.5, 0.6) is 5.88 Å². The number of aliphatic imine (C=N–C) groups is 1. The average Bonchev–Trinajstić information content (AvgIpc) is 2.58. The Kier molecular flexibility index (Phi) is 9.48. The zero-order valence-electron chi connectivity index (χ0n) is 13.8. The van der Waals surface area contributed by atoms with Gasteiger partial charge in [-0.1, -0.05) is 29.8 Å². The number of nitrogens with zero attached hydrogens (tertiary/aromatic N) is 2. The second-order valence-corrected chi connectivity index (χ2v) is 5.24. The zero-order valence-corrected chi connectivity index (χ0v) is 16.8. The maximum Gasteiger partial charge on any atom is 0.218 e. The Morgan fingerprint density at radius 3 is 2.54 bits per heavy atom. The lowest BCUT2D eigenvalue weighted by Gasteiger charge is -2.13. The van der Waals surface area contributed by atoms with Gasteiger partial charge in [-0.15, -0.1) is 24.0 Å². The fourth-order valence-electron chi connectivity index (χ4n) is 2.01. The largest absolute Gasteiger partial charge is 0.478 e. The summed E-state index contributed by atoms with van der Waals surface area (Å²) in [4.78, 5) is 8.46. The minimum absolute atomic E-state index is 0. The number of guanidine groups is 1. The molecule has 24 heavy (non-hydrogen) atoms. The van der Waals surface area contributed by atoms with Crippen LogP contribution in [0, 0.1) is 0 Å². The maximum atomic E-state index is 5.89. The molecule has 1 heterocycles. The van der Waals surface area contributed by atoms with Crippen molar-refractivity contribution in [1.82, 2.24) is 15.6 Å². The van der Waals surface area contributed by atoms with Gasteiger partial charge in [0.05, 0.1) is 6.61 Å². The van der Waals surface area contributed by atoms with E-state index in [4.69, 9.17) is 16.3 Å². The third-order valence-electron chi connectivity index (χ3n) is 3.17. The number of pyridine rings is 1. The van der Waals surface area contributed by atoms with Gasteiger partial charge in [0, 0.05) is 36.9 Å². The van der Waals surface area contributed by atoms with Gasteiger partial charge in [-0.25, -0.2) is 4.98 Å². The highest BCUT2D eigenvalue weighted by Gasteiger charge is 2.05. The van der Waals surface area contributed by atoms with Crippen molar-refractivity contribution in [2.45, 2.75) is 20.0 Å². The Morgan fingerprint density at radius 1 is 1.17 bits per heavy atom. The second-order valence-electron chi connectivity index (χ2n) is 4.81. The fourth-order valence-corrected chi connectivity index (χ4v) is 2.14. The molecule has 0 aliphatic heterocycles. The van der Waals surface area contributed by atoms with Crippen LogP contribution >= 0.6 is 35.6 Å². The summed E-state index contributed by atoms with van der Waals surface area (Å²) in [6.45, 7) is 3.79. The number of rotatable bonds is 6. The molecular formula is C17H22ClIN4O. The standard InChI is InChI=1S/C17H21ClN4O.HI/c1-3-23-16-14(5-4-10-20-16)12-22-17(19-2)21-11-13-6-8-15(18)9-7-13;/h4-10H,3,11-12H2,1-2H3,(H2,19,21,22);1H. The number of hydrogen-bond acceptors (Lipinski definition) is 3. The predicted molar refractivity (Wildman–Crippen MR) is 109 cm³/mol. The molecule has 7 heteroatoms. The molecule has 1 aromatic heterocycles. The molecular weight excluding hydrogens is 439 g/mol. The molecule has 2 rings (SSSR count). The predicted octanol–water partition coefficient (Wildman–Crippen LogP) is 3.62. The Morgan fingerprint density at radius 2 is 1.88 bits per heavy atom. The van der Waals surface area contributed by atoms with E-state index in [0.29, 0.717) is 31.5 Å². The fraction of sp³-hybridized carbons (Fsp3) is 0.294. The van der Waals surface area contributed by atoms with Crippen LogP contribution in [-0.2, 0) is 13.1 Å². The number of ether oxygens (including phenoxy) is 1. The molecule has 0 aliphatic rings. The summed E-state index contributed by atoms with van der Waals surface area (Å²) < 4.78 is 5.52. The minimum atomic E-state index is 0. The van der Waals surface area contributed by atoms with Crippen LogP contribution in [0.4, 0.5) is 0 Å². The van der Waals surface area contributed by atoms with Crippen LogP contribution < -0.4 is 15.4 Å². The molecule has 0 unspecified atom stereocenters. The van der Waals surface area contributed by atoms with Crippen molar-refractivity contribution in [3.05, 3.63) is 58.7 Å². The topological polar surface area (TPSA) is 58.5 Å².